The number of amides is 2. The maximum Gasteiger partial charge on any atom is 0.224 e. The average molecular weight is 325 g/mol. The van der Waals surface area contributed by atoms with Crippen LogP contribution in [0.5, 0.6) is 0 Å². The summed E-state index contributed by atoms with van der Waals surface area (Å²) in [4.78, 5) is 23.5. The molecule has 2 N–H and O–H groups in total. The number of hydrogen-bond donors (Lipinski definition) is 2. The van der Waals surface area contributed by atoms with E-state index in [1.54, 1.807) is 18.2 Å². The number of hydrogen-bond acceptors (Lipinski definition) is 2. The van der Waals surface area contributed by atoms with Gasteiger partial charge in [0.15, 0.2) is 0 Å². The Labute approximate surface area is 137 Å². The van der Waals surface area contributed by atoms with Crippen molar-refractivity contribution in [3.63, 3.8) is 0 Å². The Morgan fingerprint density at radius 2 is 1.68 bits per heavy atom. The molecular weight excluding hydrogens is 300 g/mol. The molecule has 5 heteroatoms. The minimum atomic E-state index is -0.0463. The van der Waals surface area contributed by atoms with Gasteiger partial charge in [-0.2, -0.15) is 0 Å². The number of carbonyl (C=O) groups is 2. The van der Waals surface area contributed by atoms with Gasteiger partial charge in [-0.05, 0) is 31.0 Å². The SMILES string of the molecule is CCCCCCC(=O)Nc1cc(NC(=O)CCC)ccc1Cl. The predicted molar refractivity (Wildman–Crippen MR) is 92.4 cm³/mol. The van der Waals surface area contributed by atoms with Gasteiger partial charge in [-0.3, -0.25) is 9.59 Å². The molecule has 0 aliphatic rings. The van der Waals surface area contributed by atoms with E-state index in [4.69, 9.17) is 11.6 Å². The highest BCUT2D eigenvalue weighted by Gasteiger charge is 2.08. The van der Waals surface area contributed by atoms with Crippen molar-refractivity contribution >= 4 is 34.8 Å². The monoisotopic (exact) mass is 324 g/mol. The average Bonchev–Trinajstić information content (AvgIpc) is 2.47. The van der Waals surface area contributed by atoms with E-state index in [1.165, 1.54) is 0 Å². The van der Waals surface area contributed by atoms with Gasteiger partial charge in [-0.25, -0.2) is 0 Å². The molecule has 0 bridgehead atoms. The summed E-state index contributed by atoms with van der Waals surface area (Å²) in [6.45, 7) is 4.09. The molecule has 0 unspecified atom stereocenters. The Morgan fingerprint density at radius 1 is 0.955 bits per heavy atom. The lowest BCUT2D eigenvalue weighted by Gasteiger charge is -2.10. The molecule has 0 radical (unpaired) electrons. The molecule has 122 valence electrons. The third-order valence-electron chi connectivity index (χ3n) is 3.26. The Morgan fingerprint density at radius 3 is 2.36 bits per heavy atom. The summed E-state index contributed by atoms with van der Waals surface area (Å²) in [6, 6.07) is 5.10. The zero-order valence-corrected chi connectivity index (χ0v) is 14.1. The zero-order chi connectivity index (χ0) is 16.4. The van der Waals surface area contributed by atoms with E-state index in [1.807, 2.05) is 6.92 Å². The summed E-state index contributed by atoms with van der Waals surface area (Å²) in [5.74, 6) is -0.0864. The van der Waals surface area contributed by atoms with Crippen molar-refractivity contribution in [2.24, 2.45) is 0 Å². The number of unbranched alkanes of at least 4 members (excludes halogenated alkanes) is 3. The normalized spacial score (nSPS) is 10.3. The summed E-state index contributed by atoms with van der Waals surface area (Å²) in [6.07, 6.45) is 5.99. The van der Waals surface area contributed by atoms with Crippen LogP contribution in [-0.2, 0) is 9.59 Å². The molecule has 0 fully saturated rings. The van der Waals surface area contributed by atoms with Crippen LogP contribution in [0.2, 0.25) is 5.02 Å². The Balaban J connectivity index is 2.58. The van der Waals surface area contributed by atoms with Crippen molar-refractivity contribution in [3.05, 3.63) is 23.2 Å². The van der Waals surface area contributed by atoms with Crippen LogP contribution >= 0.6 is 11.6 Å². The molecule has 22 heavy (non-hydrogen) atoms. The molecule has 4 nitrogen and oxygen atoms in total. The van der Waals surface area contributed by atoms with Crippen molar-refractivity contribution in [1.82, 2.24) is 0 Å². The van der Waals surface area contributed by atoms with E-state index in [9.17, 15) is 9.59 Å². The van der Waals surface area contributed by atoms with Crippen molar-refractivity contribution in [3.8, 4) is 0 Å². The summed E-state index contributed by atoms with van der Waals surface area (Å²) >= 11 is 6.09. The van der Waals surface area contributed by atoms with E-state index in [2.05, 4.69) is 17.6 Å². The van der Waals surface area contributed by atoms with Gasteiger partial charge in [0.2, 0.25) is 11.8 Å². The molecule has 0 aromatic heterocycles. The fourth-order valence-corrected chi connectivity index (χ4v) is 2.24. The molecule has 0 atom stereocenters. The smallest absolute Gasteiger partial charge is 0.224 e. The van der Waals surface area contributed by atoms with Crippen LogP contribution in [0.4, 0.5) is 11.4 Å². The van der Waals surface area contributed by atoms with Crippen LogP contribution < -0.4 is 10.6 Å². The van der Waals surface area contributed by atoms with Crippen molar-refractivity contribution in [1.29, 1.82) is 0 Å². The fraction of sp³-hybridized carbons (Fsp3) is 0.529. The number of carbonyl (C=O) groups excluding carboxylic acids is 2. The van der Waals surface area contributed by atoms with Gasteiger partial charge in [-0.1, -0.05) is 44.7 Å². The molecule has 1 rings (SSSR count). The molecule has 0 saturated carbocycles. The first kappa shape index (κ1) is 18.5. The Hall–Kier alpha value is -1.55. The van der Waals surface area contributed by atoms with Gasteiger partial charge in [0.25, 0.3) is 0 Å². The van der Waals surface area contributed by atoms with E-state index in [-0.39, 0.29) is 11.8 Å². The highest BCUT2D eigenvalue weighted by Crippen LogP contribution is 2.26. The van der Waals surface area contributed by atoms with Crippen molar-refractivity contribution in [2.75, 3.05) is 10.6 Å². The topological polar surface area (TPSA) is 58.2 Å². The van der Waals surface area contributed by atoms with Gasteiger partial charge in [0.05, 0.1) is 10.7 Å². The summed E-state index contributed by atoms with van der Waals surface area (Å²) in [7, 11) is 0. The van der Waals surface area contributed by atoms with Crippen LogP contribution in [0.3, 0.4) is 0 Å². The zero-order valence-electron chi connectivity index (χ0n) is 13.4. The van der Waals surface area contributed by atoms with Gasteiger partial charge in [0.1, 0.15) is 0 Å². The fourth-order valence-electron chi connectivity index (χ4n) is 2.07. The number of benzene rings is 1. The predicted octanol–water partition coefficient (Wildman–Crippen LogP) is 4.99. The lowest BCUT2D eigenvalue weighted by Crippen LogP contribution is -2.13. The first-order chi connectivity index (χ1) is 10.6. The number of rotatable bonds is 9. The molecule has 1 aromatic rings. The first-order valence-electron chi connectivity index (χ1n) is 7.96. The lowest BCUT2D eigenvalue weighted by molar-refractivity contribution is -0.117. The lowest BCUT2D eigenvalue weighted by atomic mass is 10.1. The second-order valence-electron chi connectivity index (χ2n) is 5.35. The van der Waals surface area contributed by atoms with E-state index >= 15 is 0 Å². The molecule has 0 heterocycles. The van der Waals surface area contributed by atoms with E-state index in [0.29, 0.717) is 29.2 Å². The maximum atomic E-state index is 11.9. The molecule has 0 spiro atoms. The molecule has 1 aromatic carbocycles. The summed E-state index contributed by atoms with van der Waals surface area (Å²) < 4.78 is 0. The first-order valence-corrected chi connectivity index (χ1v) is 8.33. The molecule has 2 amide bonds. The Kier molecular flexibility index (Phi) is 8.60. The molecular formula is C17H25ClN2O2. The quantitative estimate of drug-likeness (QED) is 0.629. The summed E-state index contributed by atoms with van der Waals surface area (Å²) in [5.41, 5.74) is 1.18. The van der Waals surface area contributed by atoms with Gasteiger partial charge in [-0.15, -0.1) is 0 Å². The second kappa shape index (κ2) is 10.2. The largest absolute Gasteiger partial charge is 0.326 e. The molecule has 0 saturated heterocycles. The van der Waals surface area contributed by atoms with Crippen molar-refractivity contribution in [2.45, 2.75) is 58.8 Å². The second-order valence-corrected chi connectivity index (χ2v) is 5.76. The summed E-state index contributed by atoms with van der Waals surface area (Å²) in [5, 5.41) is 6.07. The van der Waals surface area contributed by atoms with Crippen LogP contribution in [0.15, 0.2) is 18.2 Å². The van der Waals surface area contributed by atoms with Crippen molar-refractivity contribution < 1.29 is 9.59 Å². The van der Waals surface area contributed by atoms with Gasteiger partial charge < -0.3 is 10.6 Å². The third-order valence-corrected chi connectivity index (χ3v) is 3.59. The Bertz CT molecular complexity index is 503. The van der Waals surface area contributed by atoms with Crippen LogP contribution in [0.1, 0.15) is 58.8 Å². The van der Waals surface area contributed by atoms with E-state index in [0.717, 1.165) is 32.1 Å². The minimum absolute atomic E-state index is 0.0401. The number of anilines is 2. The highest BCUT2D eigenvalue weighted by molar-refractivity contribution is 6.33. The van der Waals surface area contributed by atoms with Gasteiger partial charge >= 0.3 is 0 Å². The highest BCUT2D eigenvalue weighted by atomic mass is 35.5. The maximum absolute atomic E-state index is 11.9. The van der Waals surface area contributed by atoms with E-state index < -0.39 is 0 Å². The standard InChI is InChI=1S/C17H25ClN2O2/c1-3-5-6-7-9-17(22)20-15-12-13(10-11-14(15)18)19-16(21)8-4-2/h10-12H,3-9H2,1-2H3,(H,19,21)(H,20,22). The number of nitrogens with one attached hydrogen (secondary N) is 2. The minimum Gasteiger partial charge on any atom is -0.326 e. The van der Waals surface area contributed by atoms with Crippen LogP contribution in [0.25, 0.3) is 0 Å². The molecule has 0 aliphatic heterocycles. The van der Waals surface area contributed by atoms with Crippen LogP contribution in [-0.4, -0.2) is 11.8 Å². The number of halogens is 1. The van der Waals surface area contributed by atoms with Gasteiger partial charge in [0, 0.05) is 18.5 Å². The van der Waals surface area contributed by atoms with Crippen LogP contribution in [0, 0.1) is 0 Å². The third kappa shape index (κ3) is 6.94. The molecule has 0 aliphatic carbocycles.